The molecule has 0 saturated heterocycles. The first kappa shape index (κ1) is 15.0. The fraction of sp³-hybridized carbons (Fsp3) is 0.294. The lowest BCUT2D eigenvalue weighted by Crippen LogP contribution is -2.25. The minimum atomic E-state index is -0.273. The van der Waals surface area contributed by atoms with E-state index in [0.717, 1.165) is 11.3 Å². The molecule has 0 aliphatic heterocycles. The van der Waals surface area contributed by atoms with Crippen LogP contribution in [0.2, 0.25) is 0 Å². The second-order valence-corrected chi connectivity index (χ2v) is 4.99. The molecule has 0 N–H and O–H groups in total. The van der Waals surface area contributed by atoms with Gasteiger partial charge in [-0.1, -0.05) is 12.1 Å². The molecule has 21 heavy (non-hydrogen) atoms. The average Bonchev–Trinajstić information content (AvgIpc) is 2.48. The summed E-state index contributed by atoms with van der Waals surface area (Å²) < 4.78 is 6.67. The van der Waals surface area contributed by atoms with Gasteiger partial charge in [0.25, 0.3) is 5.56 Å². The molecule has 4 nitrogen and oxygen atoms in total. The van der Waals surface area contributed by atoms with Gasteiger partial charge in [0.15, 0.2) is 0 Å². The maximum atomic E-state index is 12.3. The molecule has 0 radical (unpaired) electrons. The lowest BCUT2D eigenvalue weighted by Gasteiger charge is -2.14. The van der Waals surface area contributed by atoms with Crippen molar-refractivity contribution >= 4 is 0 Å². The van der Waals surface area contributed by atoms with E-state index in [0.29, 0.717) is 13.2 Å². The summed E-state index contributed by atoms with van der Waals surface area (Å²) in [4.78, 5) is 12.3. The monoisotopic (exact) mass is 282 g/mol. The molecule has 108 valence electrons. The van der Waals surface area contributed by atoms with Gasteiger partial charge in [-0.2, -0.15) is 5.26 Å². The summed E-state index contributed by atoms with van der Waals surface area (Å²) in [5.41, 5.74) is 4.03. The molecule has 4 heteroatoms. The predicted molar refractivity (Wildman–Crippen MR) is 82.2 cm³/mol. The van der Waals surface area contributed by atoms with Crippen molar-refractivity contribution in [2.24, 2.45) is 0 Å². The number of nitrogens with zero attached hydrogens (tertiary/aromatic N) is 2. The smallest absolute Gasteiger partial charge is 0.269 e. The second-order valence-electron chi connectivity index (χ2n) is 4.99. The van der Waals surface area contributed by atoms with E-state index in [1.165, 1.54) is 11.1 Å². The summed E-state index contributed by atoms with van der Waals surface area (Å²) in [5, 5.41) is 9.02. The molecule has 0 spiro atoms. The normalized spacial score (nSPS) is 10.4. The van der Waals surface area contributed by atoms with E-state index in [4.69, 9.17) is 10.00 Å². The summed E-state index contributed by atoms with van der Waals surface area (Å²) in [6.07, 6.45) is 0. The van der Waals surface area contributed by atoms with Crippen molar-refractivity contribution in [3.63, 3.8) is 0 Å². The van der Waals surface area contributed by atoms with E-state index < -0.39 is 0 Å². The van der Waals surface area contributed by atoms with Crippen LogP contribution in [-0.4, -0.2) is 18.3 Å². The van der Waals surface area contributed by atoms with Gasteiger partial charge < -0.3 is 9.30 Å². The molecule has 0 aliphatic carbocycles. The number of aryl methyl sites for hydroxylation is 2. The van der Waals surface area contributed by atoms with Crippen LogP contribution in [0.15, 0.2) is 35.1 Å². The number of aromatic nitrogens is 1. The standard InChI is InChI=1S/C17H18N2O2/c1-12-4-5-14(10-13(12)2)16-7-6-15(11-18)17(20)19(16)8-9-21-3/h4-7,10H,8-9H2,1-3H3. The molecule has 0 saturated carbocycles. The van der Waals surface area contributed by atoms with Crippen molar-refractivity contribution in [3.8, 4) is 17.3 Å². The Kier molecular flexibility index (Phi) is 4.56. The maximum absolute atomic E-state index is 12.3. The van der Waals surface area contributed by atoms with Gasteiger partial charge in [-0.05, 0) is 48.7 Å². The van der Waals surface area contributed by atoms with Gasteiger partial charge in [-0.25, -0.2) is 0 Å². The second kappa shape index (κ2) is 6.38. The Morgan fingerprint density at radius 1 is 1.19 bits per heavy atom. The lowest BCUT2D eigenvalue weighted by molar-refractivity contribution is 0.186. The fourth-order valence-corrected chi connectivity index (χ4v) is 2.22. The minimum Gasteiger partial charge on any atom is -0.383 e. The summed E-state index contributed by atoms with van der Waals surface area (Å²) in [6.45, 7) is 4.94. The topological polar surface area (TPSA) is 55.0 Å². The minimum absolute atomic E-state index is 0.152. The van der Waals surface area contributed by atoms with Crippen LogP contribution < -0.4 is 5.56 Å². The van der Waals surface area contributed by atoms with Gasteiger partial charge in [-0.3, -0.25) is 4.79 Å². The number of hydrogen-bond donors (Lipinski definition) is 0. The van der Waals surface area contributed by atoms with Crippen LogP contribution in [0.5, 0.6) is 0 Å². The Hall–Kier alpha value is -2.38. The highest BCUT2D eigenvalue weighted by Crippen LogP contribution is 2.21. The third kappa shape index (κ3) is 3.04. The largest absolute Gasteiger partial charge is 0.383 e. The van der Waals surface area contributed by atoms with Crippen molar-refractivity contribution in [1.82, 2.24) is 4.57 Å². The Morgan fingerprint density at radius 2 is 1.95 bits per heavy atom. The van der Waals surface area contributed by atoms with E-state index in [-0.39, 0.29) is 11.1 Å². The van der Waals surface area contributed by atoms with Crippen molar-refractivity contribution in [2.45, 2.75) is 20.4 Å². The van der Waals surface area contributed by atoms with Gasteiger partial charge in [-0.15, -0.1) is 0 Å². The van der Waals surface area contributed by atoms with E-state index in [1.807, 2.05) is 31.2 Å². The zero-order chi connectivity index (χ0) is 15.4. The first-order chi connectivity index (χ1) is 10.1. The first-order valence-corrected chi connectivity index (χ1v) is 6.79. The molecule has 1 aromatic heterocycles. The molecule has 2 rings (SSSR count). The van der Waals surface area contributed by atoms with Gasteiger partial charge in [0.05, 0.1) is 12.3 Å². The van der Waals surface area contributed by atoms with E-state index in [2.05, 4.69) is 13.0 Å². The summed E-state index contributed by atoms with van der Waals surface area (Å²) in [7, 11) is 1.59. The highest BCUT2D eigenvalue weighted by atomic mass is 16.5. The van der Waals surface area contributed by atoms with Crippen molar-refractivity contribution < 1.29 is 4.74 Å². The molecule has 0 atom stereocenters. The molecule has 1 heterocycles. The fourth-order valence-electron chi connectivity index (χ4n) is 2.22. The lowest BCUT2D eigenvalue weighted by atomic mass is 10.0. The highest BCUT2D eigenvalue weighted by Gasteiger charge is 2.10. The third-order valence-electron chi connectivity index (χ3n) is 3.62. The predicted octanol–water partition coefficient (Wildman–Crippen LogP) is 2.65. The summed E-state index contributed by atoms with van der Waals surface area (Å²) in [5.74, 6) is 0. The van der Waals surface area contributed by atoms with Crippen molar-refractivity contribution in [1.29, 1.82) is 5.26 Å². The van der Waals surface area contributed by atoms with Gasteiger partial charge >= 0.3 is 0 Å². The molecular weight excluding hydrogens is 264 g/mol. The van der Waals surface area contributed by atoms with Crippen LogP contribution >= 0.6 is 0 Å². The number of hydrogen-bond acceptors (Lipinski definition) is 3. The quantitative estimate of drug-likeness (QED) is 0.866. The molecule has 0 bridgehead atoms. The number of rotatable bonds is 4. The third-order valence-corrected chi connectivity index (χ3v) is 3.62. The van der Waals surface area contributed by atoms with Crippen LogP contribution in [-0.2, 0) is 11.3 Å². The van der Waals surface area contributed by atoms with Crippen molar-refractivity contribution in [3.05, 3.63) is 57.4 Å². The van der Waals surface area contributed by atoms with Crippen LogP contribution in [0.1, 0.15) is 16.7 Å². The molecular formula is C17H18N2O2. The van der Waals surface area contributed by atoms with Crippen LogP contribution in [0.4, 0.5) is 0 Å². The SMILES string of the molecule is COCCn1c(-c2ccc(C)c(C)c2)ccc(C#N)c1=O. The maximum Gasteiger partial charge on any atom is 0.269 e. The zero-order valence-corrected chi connectivity index (χ0v) is 12.5. The van der Waals surface area contributed by atoms with Gasteiger partial charge in [0, 0.05) is 13.7 Å². The van der Waals surface area contributed by atoms with Gasteiger partial charge in [0.2, 0.25) is 0 Å². The zero-order valence-electron chi connectivity index (χ0n) is 12.5. The Labute approximate surface area is 124 Å². The average molecular weight is 282 g/mol. The number of nitriles is 1. The highest BCUT2D eigenvalue weighted by molar-refractivity contribution is 5.62. The van der Waals surface area contributed by atoms with Crippen LogP contribution in [0.3, 0.4) is 0 Å². The summed E-state index contributed by atoms with van der Waals surface area (Å²) in [6, 6.07) is 11.4. The Morgan fingerprint density at radius 3 is 2.57 bits per heavy atom. The number of ether oxygens (including phenoxy) is 1. The Balaban J connectivity index is 2.62. The Bertz CT molecular complexity index is 754. The number of methoxy groups -OCH3 is 1. The van der Waals surface area contributed by atoms with Crippen LogP contribution in [0.25, 0.3) is 11.3 Å². The molecule has 0 fully saturated rings. The van der Waals surface area contributed by atoms with Crippen molar-refractivity contribution in [2.75, 3.05) is 13.7 Å². The molecule has 1 aromatic carbocycles. The van der Waals surface area contributed by atoms with E-state index >= 15 is 0 Å². The molecule has 0 amide bonds. The number of pyridine rings is 1. The molecule has 0 unspecified atom stereocenters. The molecule has 0 aliphatic rings. The first-order valence-electron chi connectivity index (χ1n) is 6.79. The van der Waals surface area contributed by atoms with Gasteiger partial charge in [0.1, 0.15) is 11.6 Å². The van der Waals surface area contributed by atoms with E-state index in [9.17, 15) is 4.79 Å². The number of benzene rings is 1. The van der Waals surface area contributed by atoms with Crippen LogP contribution in [0, 0.1) is 25.2 Å². The summed E-state index contributed by atoms with van der Waals surface area (Å²) >= 11 is 0. The molecule has 2 aromatic rings. The van der Waals surface area contributed by atoms with E-state index in [1.54, 1.807) is 17.7 Å².